The van der Waals surface area contributed by atoms with Crippen LogP contribution in [0.4, 0.5) is 0 Å². The number of nitrogens with one attached hydrogen (secondary N) is 3. The van der Waals surface area contributed by atoms with Crippen LogP contribution in [0.2, 0.25) is 0 Å². The summed E-state index contributed by atoms with van der Waals surface area (Å²) in [6, 6.07) is 13.1. The Balaban J connectivity index is 1.67. The number of aryl methyl sites for hydroxylation is 1. The van der Waals surface area contributed by atoms with Gasteiger partial charge in [0, 0.05) is 17.5 Å². The fourth-order valence-corrected chi connectivity index (χ4v) is 2.62. The minimum atomic E-state index is -0.397. The molecule has 128 valence electrons. The Morgan fingerprint density at radius 3 is 2.52 bits per heavy atom. The SMILES string of the molecule is Cc1nn(-c2ccccc2)c(C)c1CC(=O)NNC(=O)c1ccc[nH]1. The fraction of sp³-hybridized carbons (Fsp3) is 0.167. The molecule has 7 heteroatoms. The van der Waals surface area contributed by atoms with Gasteiger partial charge in [0.15, 0.2) is 0 Å². The molecule has 3 rings (SSSR count). The lowest BCUT2D eigenvalue weighted by atomic mass is 10.1. The molecule has 3 aromatic rings. The molecule has 2 amide bonds. The van der Waals surface area contributed by atoms with Gasteiger partial charge in [-0.1, -0.05) is 18.2 Å². The van der Waals surface area contributed by atoms with Crippen molar-refractivity contribution in [3.05, 3.63) is 71.3 Å². The molecule has 0 radical (unpaired) electrons. The molecule has 0 aliphatic carbocycles. The molecule has 0 saturated carbocycles. The zero-order valence-corrected chi connectivity index (χ0v) is 14.0. The first-order chi connectivity index (χ1) is 12.1. The number of hydrogen-bond donors (Lipinski definition) is 3. The van der Waals surface area contributed by atoms with Gasteiger partial charge in [0.05, 0.1) is 17.8 Å². The van der Waals surface area contributed by atoms with Crippen molar-refractivity contribution in [2.45, 2.75) is 20.3 Å². The van der Waals surface area contributed by atoms with Gasteiger partial charge in [-0.25, -0.2) is 4.68 Å². The van der Waals surface area contributed by atoms with Gasteiger partial charge in [0.2, 0.25) is 5.91 Å². The lowest BCUT2D eigenvalue weighted by Crippen LogP contribution is -2.42. The Morgan fingerprint density at radius 2 is 1.84 bits per heavy atom. The van der Waals surface area contributed by atoms with E-state index in [-0.39, 0.29) is 12.3 Å². The summed E-state index contributed by atoms with van der Waals surface area (Å²) in [6.45, 7) is 3.79. The van der Waals surface area contributed by atoms with Gasteiger partial charge in [-0.3, -0.25) is 20.4 Å². The fourth-order valence-electron chi connectivity index (χ4n) is 2.62. The van der Waals surface area contributed by atoms with Gasteiger partial charge in [-0.05, 0) is 38.1 Å². The molecule has 1 aromatic carbocycles. The Labute approximate surface area is 145 Å². The van der Waals surface area contributed by atoms with Gasteiger partial charge in [-0.15, -0.1) is 0 Å². The van der Waals surface area contributed by atoms with E-state index in [9.17, 15) is 9.59 Å². The van der Waals surface area contributed by atoms with Crippen molar-refractivity contribution in [1.82, 2.24) is 25.6 Å². The highest BCUT2D eigenvalue weighted by atomic mass is 16.2. The molecular formula is C18H19N5O2. The van der Waals surface area contributed by atoms with Gasteiger partial charge in [0.25, 0.3) is 5.91 Å². The average Bonchev–Trinajstić information content (AvgIpc) is 3.25. The largest absolute Gasteiger partial charge is 0.357 e. The molecular weight excluding hydrogens is 318 g/mol. The van der Waals surface area contributed by atoms with E-state index < -0.39 is 5.91 Å². The molecule has 7 nitrogen and oxygen atoms in total. The maximum absolute atomic E-state index is 12.2. The summed E-state index contributed by atoms with van der Waals surface area (Å²) in [5.41, 5.74) is 8.66. The first-order valence-electron chi connectivity index (χ1n) is 7.89. The maximum atomic E-state index is 12.2. The summed E-state index contributed by atoms with van der Waals surface area (Å²) < 4.78 is 1.81. The van der Waals surface area contributed by atoms with Crippen molar-refractivity contribution in [3.8, 4) is 5.69 Å². The van der Waals surface area contributed by atoms with Crippen molar-refractivity contribution < 1.29 is 9.59 Å². The van der Waals surface area contributed by atoms with E-state index in [4.69, 9.17) is 0 Å². The van der Waals surface area contributed by atoms with Crippen molar-refractivity contribution >= 4 is 11.8 Å². The van der Waals surface area contributed by atoms with Crippen molar-refractivity contribution in [1.29, 1.82) is 0 Å². The minimum absolute atomic E-state index is 0.134. The van der Waals surface area contributed by atoms with E-state index in [1.807, 2.05) is 48.9 Å². The summed E-state index contributed by atoms with van der Waals surface area (Å²) in [5, 5.41) is 4.51. The summed E-state index contributed by atoms with van der Waals surface area (Å²) in [7, 11) is 0. The summed E-state index contributed by atoms with van der Waals surface area (Å²) in [6.07, 6.45) is 1.77. The van der Waals surface area contributed by atoms with Crippen LogP contribution in [-0.2, 0) is 11.2 Å². The second-order valence-corrected chi connectivity index (χ2v) is 5.66. The van der Waals surface area contributed by atoms with Gasteiger partial charge in [-0.2, -0.15) is 5.10 Å². The molecule has 3 N–H and O–H groups in total. The van der Waals surface area contributed by atoms with Crippen LogP contribution in [0.3, 0.4) is 0 Å². The van der Waals surface area contributed by atoms with Crippen LogP contribution in [0.15, 0.2) is 48.7 Å². The number of aromatic nitrogens is 3. The minimum Gasteiger partial charge on any atom is -0.357 e. The first kappa shape index (κ1) is 16.5. The number of H-pyrrole nitrogens is 1. The standard InChI is InChI=1S/C18H19N5O2/c1-12-15(13(2)23(22-12)14-7-4-3-5-8-14)11-17(24)20-21-18(25)16-9-6-10-19-16/h3-10,19H,11H2,1-2H3,(H,20,24)(H,21,25). The quantitative estimate of drug-likeness (QED) is 0.634. The first-order valence-corrected chi connectivity index (χ1v) is 7.89. The zero-order chi connectivity index (χ0) is 17.8. The molecule has 0 spiro atoms. The Kier molecular flexibility index (Phi) is 4.65. The number of rotatable bonds is 4. The van der Waals surface area contributed by atoms with Crippen LogP contribution in [0.5, 0.6) is 0 Å². The third kappa shape index (κ3) is 3.60. The molecule has 0 saturated heterocycles. The van der Waals surface area contributed by atoms with Crippen LogP contribution in [0.25, 0.3) is 5.69 Å². The Morgan fingerprint density at radius 1 is 1.08 bits per heavy atom. The number of carbonyl (C=O) groups excluding carboxylic acids is 2. The summed E-state index contributed by atoms with van der Waals surface area (Å²) in [5.74, 6) is -0.703. The molecule has 2 aromatic heterocycles. The molecule has 2 heterocycles. The second-order valence-electron chi connectivity index (χ2n) is 5.66. The van der Waals surface area contributed by atoms with E-state index in [1.165, 1.54) is 0 Å². The van der Waals surface area contributed by atoms with Crippen LogP contribution < -0.4 is 10.9 Å². The van der Waals surface area contributed by atoms with Gasteiger partial charge < -0.3 is 4.98 Å². The smallest absolute Gasteiger partial charge is 0.286 e. The molecule has 25 heavy (non-hydrogen) atoms. The second kappa shape index (κ2) is 7.04. The maximum Gasteiger partial charge on any atom is 0.286 e. The van der Waals surface area contributed by atoms with Crippen LogP contribution in [-0.4, -0.2) is 26.6 Å². The van der Waals surface area contributed by atoms with Crippen LogP contribution in [0, 0.1) is 13.8 Å². The predicted molar refractivity (Wildman–Crippen MR) is 93.1 cm³/mol. The molecule has 0 atom stereocenters. The number of hydrazine groups is 1. The lowest BCUT2D eigenvalue weighted by molar-refractivity contribution is -0.121. The van der Waals surface area contributed by atoms with Crippen molar-refractivity contribution in [2.24, 2.45) is 0 Å². The van der Waals surface area contributed by atoms with Crippen molar-refractivity contribution in [2.75, 3.05) is 0 Å². The van der Waals surface area contributed by atoms with Crippen LogP contribution >= 0.6 is 0 Å². The highest BCUT2D eigenvalue weighted by Crippen LogP contribution is 2.18. The summed E-state index contributed by atoms with van der Waals surface area (Å²) >= 11 is 0. The predicted octanol–water partition coefficient (Wildman–Crippen LogP) is 1.82. The summed E-state index contributed by atoms with van der Waals surface area (Å²) in [4.78, 5) is 26.7. The normalized spacial score (nSPS) is 10.5. The van der Waals surface area contributed by atoms with Crippen molar-refractivity contribution in [3.63, 3.8) is 0 Å². The molecule has 0 fully saturated rings. The van der Waals surface area contributed by atoms with E-state index in [2.05, 4.69) is 20.9 Å². The molecule has 0 aliphatic rings. The third-order valence-electron chi connectivity index (χ3n) is 3.94. The zero-order valence-electron chi connectivity index (χ0n) is 14.0. The Bertz CT molecular complexity index is 882. The molecule has 0 unspecified atom stereocenters. The topological polar surface area (TPSA) is 91.8 Å². The van der Waals surface area contributed by atoms with Gasteiger partial charge in [0.1, 0.15) is 5.69 Å². The molecule has 0 aliphatic heterocycles. The van der Waals surface area contributed by atoms with Gasteiger partial charge >= 0.3 is 0 Å². The highest BCUT2D eigenvalue weighted by molar-refractivity contribution is 5.93. The number of aromatic amines is 1. The van der Waals surface area contributed by atoms with E-state index in [1.54, 1.807) is 18.3 Å². The number of para-hydroxylation sites is 1. The Hall–Kier alpha value is -3.35. The van der Waals surface area contributed by atoms with E-state index in [0.717, 1.165) is 22.6 Å². The molecule has 0 bridgehead atoms. The number of nitrogens with zero attached hydrogens (tertiary/aromatic N) is 2. The number of amides is 2. The monoisotopic (exact) mass is 337 g/mol. The third-order valence-corrected chi connectivity index (χ3v) is 3.94. The number of hydrogen-bond acceptors (Lipinski definition) is 3. The van der Waals surface area contributed by atoms with Crippen LogP contribution in [0.1, 0.15) is 27.4 Å². The van der Waals surface area contributed by atoms with E-state index >= 15 is 0 Å². The average molecular weight is 337 g/mol. The highest BCUT2D eigenvalue weighted by Gasteiger charge is 2.16. The number of carbonyl (C=O) groups is 2. The lowest BCUT2D eigenvalue weighted by Gasteiger charge is -2.07. The number of benzene rings is 1. The van der Waals surface area contributed by atoms with E-state index in [0.29, 0.717) is 5.69 Å².